The van der Waals surface area contributed by atoms with Crippen LogP contribution in [0.4, 0.5) is 10.1 Å². The summed E-state index contributed by atoms with van der Waals surface area (Å²) in [6, 6.07) is 13.6. The van der Waals surface area contributed by atoms with Gasteiger partial charge in [-0.3, -0.25) is 4.79 Å². The van der Waals surface area contributed by atoms with Gasteiger partial charge in [0.1, 0.15) is 5.82 Å². The molecule has 0 N–H and O–H groups in total. The maximum Gasteiger partial charge on any atom is 0.331 e. The number of nitrogens with zero attached hydrogens (tertiary/aromatic N) is 1. The van der Waals surface area contributed by atoms with Crippen LogP contribution in [-0.4, -0.2) is 24.5 Å². The minimum atomic E-state index is -0.641. The van der Waals surface area contributed by atoms with Crippen molar-refractivity contribution in [2.45, 2.75) is 19.4 Å². The Kier molecular flexibility index (Phi) is 4.93. The number of ether oxygens (including phenoxy) is 1. The van der Waals surface area contributed by atoms with Crippen LogP contribution in [-0.2, 0) is 20.7 Å². The molecule has 0 bridgehead atoms. The van der Waals surface area contributed by atoms with Crippen LogP contribution in [0.2, 0.25) is 0 Å². The lowest BCUT2D eigenvalue weighted by molar-refractivity contribution is -0.143. The SMILES string of the molecule is C[C@@H]1Cc2ccccc2N1C(=O)COC(=O)/C=C/c1cccc(F)c1. The number of benzene rings is 2. The van der Waals surface area contributed by atoms with Crippen molar-refractivity contribution in [3.05, 3.63) is 71.6 Å². The highest BCUT2D eigenvalue weighted by Crippen LogP contribution is 2.31. The molecule has 3 rings (SSSR count). The second-order valence-electron chi connectivity index (χ2n) is 5.94. The number of para-hydroxylation sites is 1. The van der Waals surface area contributed by atoms with Gasteiger partial charge in [0, 0.05) is 17.8 Å². The third-order valence-corrected chi connectivity index (χ3v) is 4.07. The maximum atomic E-state index is 13.1. The topological polar surface area (TPSA) is 46.6 Å². The molecule has 1 atom stereocenters. The average Bonchev–Trinajstić information content (AvgIpc) is 2.93. The number of rotatable bonds is 4. The van der Waals surface area contributed by atoms with E-state index in [0.717, 1.165) is 17.7 Å². The Bertz CT molecular complexity index is 831. The highest BCUT2D eigenvalue weighted by atomic mass is 19.1. The molecule has 0 saturated carbocycles. The van der Waals surface area contributed by atoms with Crippen molar-refractivity contribution < 1.29 is 18.7 Å². The summed E-state index contributed by atoms with van der Waals surface area (Å²) in [6.45, 7) is 1.63. The van der Waals surface area contributed by atoms with Crippen molar-refractivity contribution in [3.8, 4) is 0 Å². The van der Waals surface area contributed by atoms with Gasteiger partial charge in [-0.1, -0.05) is 30.3 Å². The van der Waals surface area contributed by atoms with Crippen molar-refractivity contribution in [2.24, 2.45) is 0 Å². The molecule has 2 aromatic carbocycles. The number of halogens is 1. The molecule has 0 aromatic heterocycles. The standard InChI is InChI=1S/C20H18FNO3/c1-14-11-16-6-2-3-8-18(16)22(14)19(23)13-25-20(24)10-9-15-5-4-7-17(21)12-15/h2-10,12,14H,11,13H2,1H3/b10-9+/t14-/m1/s1. The molecule has 5 heteroatoms. The second-order valence-corrected chi connectivity index (χ2v) is 5.94. The van der Waals surface area contributed by atoms with E-state index in [9.17, 15) is 14.0 Å². The zero-order chi connectivity index (χ0) is 17.8. The first-order chi connectivity index (χ1) is 12.0. The Balaban J connectivity index is 1.58. The van der Waals surface area contributed by atoms with Crippen LogP contribution in [0.5, 0.6) is 0 Å². The summed E-state index contributed by atoms with van der Waals surface area (Å²) in [7, 11) is 0. The Morgan fingerprint density at radius 3 is 2.84 bits per heavy atom. The lowest BCUT2D eigenvalue weighted by Gasteiger charge is -2.22. The summed E-state index contributed by atoms with van der Waals surface area (Å²) >= 11 is 0. The van der Waals surface area contributed by atoms with Gasteiger partial charge in [-0.05, 0) is 48.7 Å². The quantitative estimate of drug-likeness (QED) is 0.634. The van der Waals surface area contributed by atoms with E-state index in [1.54, 1.807) is 17.0 Å². The molecule has 0 radical (unpaired) electrons. The largest absolute Gasteiger partial charge is 0.452 e. The number of hydrogen-bond donors (Lipinski definition) is 0. The molecule has 128 valence electrons. The van der Waals surface area contributed by atoms with E-state index in [-0.39, 0.29) is 24.4 Å². The second kappa shape index (κ2) is 7.30. The van der Waals surface area contributed by atoms with Gasteiger partial charge in [0.05, 0.1) is 0 Å². The minimum Gasteiger partial charge on any atom is -0.452 e. The van der Waals surface area contributed by atoms with Gasteiger partial charge < -0.3 is 9.64 Å². The molecule has 1 aliphatic heterocycles. The van der Waals surface area contributed by atoms with E-state index in [4.69, 9.17) is 4.74 Å². The maximum absolute atomic E-state index is 13.1. The van der Waals surface area contributed by atoms with Crippen molar-refractivity contribution in [1.29, 1.82) is 0 Å². The van der Waals surface area contributed by atoms with E-state index in [2.05, 4.69) is 0 Å². The lowest BCUT2D eigenvalue weighted by Crippen LogP contribution is -2.38. The highest BCUT2D eigenvalue weighted by molar-refractivity contribution is 5.98. The first kappa shape index (κ1) is 16.9. The van der Waals surface area contributed by atoms with E-state index in [1.165, 1.54) is 24.3 Å². The van der Waals surface area contributed by atoms with Crippen LogP contribution in [0.25, 0.3) is 6.08 Å². The van der Waals surface area contributed by atoms with Crippen molar-refractivity contribution in [3.63, 3.8) is 0 Å². The van der Waals surface area contributed by atoms with Gasteiger partial charge in [0.2, 0.25) is 0 Å². The van der Waals surface area contributed by atoms with Crippen LogP contribution in [0.15, 0.2) is 54.6 Å². The molecule has 25 heavy (non-hydrogen) atoms. The number of fused-ring (bicyclic) bond motifs is 1. The molecule has 1 heterocycles. The van der Waals surface area contributed by atoms with Crippen LogP contribution in [0.3, 0.4) is 0 Å². The third-order valence-electron chi connectivity index (χ3n) is 4.07. The van der Waals surface area contributed by atoms with Gasteiger partial charge in [-0.15, -0.1) is 0 Å². The zero-order valence-electron chi connectivity index (χ0n) is 13.8. The molecule has 0 aliphatic carbocycles. The predicted octanol–water partition coefficient (Wildman–Crippen LogP) is 3.36. The molecule has 1 aliphatic rings. The van der Waals surface area contributed by atoms with Gasteiger partial charge >= 0.3 is 5.97 Å². The predicted molar refractivity (Wildman–Crippen MR) is 93.5 cm³/mol. The number of anilines is 1. The summed E-state index contributed by atoms with van der Waals surface area (Å²) in [5.41, 5.74) is 2.53. The first-order valence-corrected chi connectivity index (χ1v) is 8.05. The summed E-state index contributed by atoms with van der Waals surface area (Å²) < 4.78 is 18.1. The van der Waals surface area contributed by atoms with Crippen LogP contribution < -0.4 is 4.90 Å². The van der Waals surface area contributed by atoms with Crippen LogP contribution in [0, 0.1) is 5.82 Å². The monoisotopic (exact) mass is 339 g/mol. The van der Waals surface area contributed by atoms with E-state index in [0.29, 0.717) is 5.56 Å². The Morgan fingerprint density at radius 2 is 2.04 bits per heavy atom. The van der Waals surface area contributed by atoms with E-state index in [1.807, 2.05) is 31.2 Å². The molecule has 0 saturated heterocycles. The smallest absolute Gasteiger partial charge is 0.331 e. The normalized spacial score (nSPS) is 16.1. The Labute approximate surface area is 145 Å². The van der Waals surface area contributed by atoms with Crippen LogP contribution in [0.1, 0.15) is 18.1 Å². The third kappa shape index (κ3) is 3.94. The van der Waals surface area contributed by atoms with Gasteiger partial charge in [-0.25, -0.2) is 9.18 Å². The minimum absolute atomic E-state index is 0.0337. The van der Waals surface area contributed by atoms with E-state index >= 15 is 0 Å². The van der Waals surface area contributed by atoms with Crippen molar-refractivity contribution in [2.75, 3.05) is 11.5 Å². The Hall–Kier alpha value is -2.95. The number of carbonyl (C=O) groups excluding carboxylic acids is 2. The Morgan fingerprint density at radius 1 is 1.24 bits per heavy atom. The molecule has 4 nitrogen and oxygen atoms in total. The average molecular weight is 339 g/mol. The molecule has 0 spiro atoms. The van der Waals surface area contributed by atoms with Gasteiger partial charge in [0.15, 0.2) is 6.61 Å². The highest BCUT2D eigenvalue weighted by Gasteiger charge is 2.30. The first-order valence-electron chi connectivity index (χ1n) is 8.05. The fourth-order valence-electron chi connectivity index (χ4n) is 2.97. The summed E-state index contributed by atoms with van der Waals surface area (Å²) in [4.78, 5) is 25.9. The molecule has 1 amide bonds. The van der Waals surface area contributed by atoms with E-state index < -0.39 is 5.97 Å². The summed E-state index contributed by atoms with van der Waals surface area (Å²) in [6.07, 6.45) is 3.42. The molecular weight excluding hydrogens is 321 g/mol. The van der Waals surface area contributed by atoms with Crippen LogP contribution >= 0.6 is 0 Å². The summed E-state index contributed by atoms with van der Waals surface area (Å²) in [5.74, 6) is -1.28. The molecule has 2 aromatic rings. The lowest BCUT2D eigenvalue weighted by atomic mass is 10.1. The number of hydrogen-bond acceptors (Lipinski definition) is 3. The number of esters is 1. The van der Waals surface area contributed by atoms with Gasteiger partial charge in [0.25, 0.3) is 5.91 Å². The number of amides is 1. The number of carbonyl (C=O) groups is 2. The molecule has 0 fully saturated rings. The van der Waals surface area contributed by atoms with Crippen molar-refractivity contribution in [1.82, 2.24) is 0 Å². The summed E-state index contributed by atoms with van der Waals surface area (Å²) in [5, 5.41) is 0. The van der Waals surface area contributed by atoms with Crippen molar-refractivity contribution >= 4 is 23.6 Å². The molecular formula is C20H18FNO3. The van der Waals surface area contributed by atoms with Gasteiger partial charge in [-0.2, -0.15) is 0 Å². The fraction of sp³-hybridized carbons (Fsp3) is 0.200. The molecule has 0 unspecified atom stereocenters. The fourth-order valence-corrected chi connectivity index (χ4v) is 2.97. The zero-order valence-corrected chi connectivity index (χ0v) is 13.8.